The Bertz CT molecular complexity index is 330. The van der Waals surface area contributed by atoms with Crippen LogP contribution in [-0.4, -0.2) is 30.8 Å². The van der Waals surface area contributed by atoms with E-state index in [9.17, 15) is 0 Å². The Kier molecular flexibility index (Phi) is 5.94. The Morgan fingerprint density at radius 1 is 1.53 bits per heavy atom. The van der Waals surface area contributed by atoms with Gasteiger partial charge in [-0.3, -0.25) is 0 Å². The average Bonchev–Trinajstić information content (AvgIpc) is 2.32. The van der Waals surface area contributed by atoms with Gasteiger partial charge in [0.05, 0.1) is 6.10 Å². The largest absolute Gasteiger partial charge is 0.383 e. The van der Waals surface area contributed by atoms with Crippen LogP contribution >= 0.6 is 0 Å². The van der Waals surface area contributed by atoms with Gasteiger partial charge in [-0.1, -0.05) is 13.0 Å². The number of nitrogens with zero attached hydrogens (tertiary/aromatic N) is 1. The van der Waals surface area contributed by atoms with Crippen LogP contribution in [0.3, 0.4) is 0 Å². The first-order chi connectivity index (χ1) is 8.17. The Morgan fingerprint density at radius 3 is 2.88 bits per heavy atom. The lowest BCUT2D eigenvalue weighted by molar-refractivity contribution is 0.101. The number of nitrogens with one attached hydrogen (secondary N) is 1. The van der Waals surface area contributed by atoms with E-state index in [4.69, 9.17) is 10.5 Å². The number of nitrogen functional groups attached to an aromatic ring is 1. The third-order valence-corrected chi connectivity index (χ3v) is 2.90. The van der Waals surface area contributed by atoms with Crippen molar-refractivity contribution < 1.29 is 4.74 Å². The second-order valence-electron chi connectivity index (χ2n) is 4.29. The highest BCUT2D eigenvalue weighted by molar-refractivity contribution is 5.38. The third kappa shape index (κ3) is 4.71. The van der Waals surface area contributed by atoms with Crippen molar-refractivity contribution in [1.82, 2.24) is 10.3 Å². The molecule has 2 atom stereocenters. The van der Waals surface area contributed by atoms with Crippen LogP contribution in [0.1, 0.15) is 25.8 Å². The SMILES string of the molecule is CCNC(Cc1cccnc1N)CC(C)OC. The van der Waals surface area contributed by atoms with E-state index < -0.39 is 0 Å². The highest BCUT2D eigenvalue weighted by Crippen LogP contribution is 2.13. The maximum atomic E-state index is 5.86. The van der Waals surface area contributed by atoms with Gasteiger partial charge in [-0.25, -0.2) is 4.98 Å². The molecule has 0 saturated heterocycles. The standard InChI is InChI=1S/C13H23N3O/c1-4-15-12(8-10(2)17-3)9-11-6-5-7-16-13(11)14/h5-7,10,12,15H,4,8-9H2,1-3H3,(H2,14,16). The van der Waals surface area contributed by atoms with Crippen LogP contribution in [0, 0.1) is 0 Å². The molecule has 0 bridgehead atoms. The first-order valence-electron chi connectivity index (χ1n) is 6.12. The lowest BCUT2D eigenvalue weighted by Crippen LogP contribution is -2.34. The number of ether oxygens (including phenoxy) is 1. The summed E-state index contributed by atoms with van der Waals surface area (Å²) in [7, 11) is 1.74. The number of aromatic nitrogens is 1. The molecule has 0 aliphatic heterocycles. The summed E-state index contributed by atoms with van der Waals surface area (Å²) in [5, 5.41) is 3.46. The fourth-order valence-corrected chi connectivity index (χ4v) is 1.91. The van der Waals surface area contributed by atoms with Gasteiger partial charge in [0.25, 0.3) is 0 Å². The molecule has 0 radical (unpaired) electrons. The van der Waals surface area contributed by atoms with Crippen LogP contribution in [0.5, 0.6) is 0 Å². The van der Waals surface area contributed by atoms with E-state index in [1.54, 1.807) is 13.3 Å². The molecular formula is C13H23N3O. The molecule has 0 aliphatic carbocycles. The van der Waals surface area contributed by atoms with Gasteiger partial charge < -0.3 is 15.8 Å². The second-order valence-corrected chi connectivity index (χ2v) is 4.29. The number of rotatable bonds is 7. The first kappa shape index (κ1) is 13.9. The lowest BCUT2D eigenvalue weighted by atomic mass is 10.0. The number of methoxy groups -OCH3 is 1. The molecule has 2 unspecified atom stereocenters. The maximum absolute atomic E-state index is 5.86. The smallest absolute Gasteiger partial charge is 0.126 e. The molecule has 0 fully saturated rings. The minimum absolute atomic E-state index is 0.247. The first-order valence-corrected chi connectivity index (χ1v) is 6.12. The molecule has 1 aromatic heterocycles. The summed E-state index contributed by atoms with van der Waals surface area (Å²) in [5.41, 5.74) is 6.96. The van der Waals surface area contributed by atoms with Crippen molar-refractivity contribution in [2.75, 3.05) is 19.4 Å². The number of hydrogen-bond acceptors (Lipinski definition) is 4. The third-order valence-electron chi connectivity index (χ3n) is 2.90. The molecule has 4 nitrogen and oxygen atoms in total. The molecule has 0 amide bonds. The summed E-state index contributed by atoms with van der Waals surface area (Å²) in [5.74, 6) is 0.625. The van der Waals surface area contributed by atoms with Gasteiger partial charge in [0.2, 0.25) is 0 Å². The zero-order valence-electron chi connectivity index (χ0n) is 10.9. The van der Waals surface area contributed by atoms with E-state index in [0.717, 1.165) is 24.9 Å². The Morgan fingerprint density at radius 2 is 2.29 bits per heavy atom. The van der Waals surface area contributed by atoms with Crippen molar-refractivity contribution in [2.45, 2.75) is 38.8 Å². The Balaban J connectivity index is 2.63. The van der Waals surface area contributed by atoms with E-state index in [1.165, 1.54) is 0 Å². The maximum Gasteiger partial charge on any atom is 0.126 e. The average molecular weight is 237 g/mol. The van der Waals surface area contributed by atoms with Crippen LogP contribution in [0.25, 0.3) is 0 Å². The molecule has 1 aromatic rings. The fraction of sp³-hybridized carbons (Fsp3) is 0.615. The summed E-state index contributed by atoms with van der Waals surface area (Å²) in [6.07, 6.45) is 3.83. The zero-order valence-corrected chi connectivity index (χ0v) is 10.9. The Hall–Kier alpha value is -1.13. The molecule has 96 valence electrons. The van der Waals surface area contributed by atoms with Crippen molar-refractivity contribution in [3.8, 4) is 0 Å². The van der Waals surface area contributed by atoms with Crippen molar-refractivity contribution >= 4 is 5.82 Å². The van der Waals surface area contributed by atoms with Crippen LogP contribution in [-0.2, 0) is 11.2 Å². The van der Waals surface area contributed by atoms with Crippen molar-refractivity contribution in [1.29, 1.82) is 0 Å². The summed E-state index contributed by atoms with van der Waals surface area (Å²) in [6.45, 7) is 5.13. The van der Waals surface area contributed by atoms with Gasteiger partial charge in [-0.05, 0) is 37.9 Å². The molecule has 0 aromatic carbocycles. The quantitative estimate of drug-likeness (QED) is 0.756. The Labute approximate surface area is 104 Å². The minimum Gasteiger partial charge on any atom is -0.383 e. The van der Waals surface area contributed by atoms with Crippen LogP contribution in [0.2, 0.25) is 0 Å². The monoisotopic (exact) mass is 237 g/mol. The predicted molar refractivity (Wildman–Crippen MR) is 70.9 cm³/mol. The van der Waals surface area contributed by atoms with E-state index in [2.05, 4.69) is 24.1 Å². The normalized spacial score (nSPS) is 14.5. The molecule has 17 heavy (non-hydrogen) atoms. The summed E-state index contributed by atoms with van der Waals surface area (Å²) in [6, 6.07) is 4.33. The van der Waals surface area contributed by atoms with Crippen LogP contribution < -0.4 is 11.1 Å². The molecule has 0 aliphatic rings. The number of hydrogen-bond donors (Lipinski definition) is 2. The topological polar surface area (TPSA) is 60.2 Å². The molecule has 0 saturated carbocycles. The van der Waals surface area contributed by atoms with E-state index in [0.29, 0.717) is 11.9 Å². The molecule has 1 heterocycles. The van der Waals surface area contributed by atoms with Gasteiger partial charge in [-0.15, -0.1) is 0 Å². The van der Waals surface area contributed by atoms with Crippen molar-refractivity contribution in [3.63, 3.8) is 0 Å². The number of nitrogens with two attached hydrogens (primary N) is 1. The van der Waals surface area contributed by atoms with Crippen molar-refractivity contribution in [3.05, 3.63) is 23.9 Å². The molecular weight excluding hydrogens is 214 g/mol. The van der Waals surface area contributed by atoms with Crippen LogP contribution in [0.15, 0.2) is 18.3 Å². The van der Waals surface area contributed by atoms with Crippen molar-refractivity contribution in [2.24, 2.45) is 0 Å². The number of anilines is 1. The van der Waals surface area contributed by atoms with Gasteiger partial charge in [0, 0.05) is 19.3 Å². The highest BCUT2D eigenvalue weighted by Gasteiger charge is 2.14. The summed E-state index contributed by atoms with van der Waals surface area (Å²) in [4.78, 5) is 4.11. The highest BCUT2D eigenvalue weighted by atomic mass is 16.5. The summed E-state index contributed by atoms with van der Waals surface area (Å²) < 4.78 is 5.31. The predicted octanol–water partition coefficient (Wildman–Crippen LogP) is 1.61. The number of pyridine rings is 1. The lowest BCUT2D eigenvalue weighted by Gasteiger charge is -2.21. The van der Waals surface area contributed by atoms with Gasteiger partial charge in [-0.2, -0.15) is 0 Å². The second kappa shape index (κ2) is 7.25. The summed E-state index contributed by atoms with van der Waals surface area (Å²) >= 11 is 0. The van der Waals surface area contributed by atoms with E-state index in [1.807, 2.05) is 12.1 Å². The van der Waals surface area contributed by atoms with E-state index in [-0.39, 0.29) is 6.10 Å². The molecule has 4 heteroatoms. The van der Waals surface area contributed by atoms with Gasteiger partial charge >= 0.3 is 0 Å². The fourth-order valence-electron chi connectivity index (χ4n) is 1.91. The van der Waals surface area contributed by atoms with Crippen LogP contribution in [0.4, 0.5) is 5.82 Å². The van der Waals surface area contributed by atoms with E-state index >= 15 is 0 Å². The minimum atomic E-state index is 0.247. The molecule has 0 spiro atoms. The molecule has 3 N–H and O–H groups in total. The zero-order chi connectivity index (χ0) is 12.7. The van der Waals surface area contributed by atoms with Gasteiger partial charge in [0.1, 0.15) is 5.82 Å². The molecule has 1 rings (SSSR count). The van der Waals surface area contributed by atoms with Gasteiger partial charge in [0.15, 0.2) is 0 Å². The number of likely N-dealkylation sites (N-methyl/N-ethyl adjacent to an activating group) is 1.